The van der Waals surface area contributed by atoms with Crippen LogP contribution in [-0.2, 0) is 17.8 Å². The molecular weight excluding hydrogens is 480 g/mol. The first kappa shape index (κ1) is 27.8. The van der Waals surface area contributed by atoms with Crippen LogP contribution >= 0.6 is 0 Å². The maximum absolute atomic E-state index is 12.9. The molecule has 7 heteroatoms. The predicted octanol–water partition coefficient (Wildman–Crippen LogP) is 5.88. The molecule has 0 aliphatic heterocycles. The van der Waals surface area contributed by atoms with Crippen molar-refractivity contribution in [2.75, 3.05) is 6.61 Å². The summed E-state index contributed by atoms with van der Waals surface area (Å²) in [6.07, 6.45) is 3.72. The Balaban J connectivity index is 1.88. The van der Waals surface area contributed by atoms with Crippen molar-refractivity contribution < 1.29 is 24.2 Å². The smallest absolute Gasteiger partial charge is 0.335 e. The number of allylic oxidation sites excluding steroid dienone is 1. The first-order chi connectivity index (χ1) is 18.4. The van der Waals surface area contributed by atoms with Crippen LogP contribution in [0, 0.1) is 11.3 Å². The highest BCUT2D eigenvalue weighted by atomic mass is 16.5. The summed E-state index contributed by atoms with van der Waals surface area (Å²) in [5.41, 5.74) is 3.28. The molecule has 0 bridgehead atoms. The van der Waals surface area contributed by atoms with Gasteiger partial charge in [0.1, 0.15) is 18.2 Å². The molecule has 1 atom stereocenters. The van der Waals surface area contributed by atoms with E-state index in [9.17, 15) is 14.9 Å². The summed E-state index contributed by atoms with van der Waals surface area (Å²) >= 11 is 0. The minimum atomic E-state index is -0.993. The molecule has 0 unspecified atom stereocenters. The minimum absolute atomic E-state index is 0.0352. The molecule has 3 rings (SSSR count). The molecule has 3 aromatic rings. The Hall–Kier alpha value is -4.83. The lowest BCUT2D eigenvalue weighted by atomic mass is 10.0. The number of benzene rings is 3. The number of amides is 1. The highest BCUT2D eigenvalue weighted by molar-refractivity contribution is 6.02. The number of nitrogens with one attached hydrogen (secondary N) is 1. The Kier molecular flexibility index (Phi) is 9.84. The zero-order chi connectivity index (χ0) is 27.5. The lowest BCUT2D eigenvalue weighted by Gasteiger charge is -2.17. The van der Waals surface area contributed by atoms with Gasteiger partial charge in [0.05, 0.1) is 18.2 Å². The quantitative estimate of drug-likeness (QED) is 0.179. The summed E-state index contributed by atoms with van der Waals surface area (Å²) in [5, 5.41) is 21.7. The molecular formula is C31H30N2O5. The predicted molar refractivity (Wildman–Crippen MR) is 146 cm³/mol. The van der Waals surface area contributed by atoms with Crippen molar-refractivity contribution in [2.24, 2.45) is 0 Å². The molecule has 0 fully saturated rings. The Morgan fingerprint density at radius 1 is 1.11 bits per heavy atom. The van der Waals surface area contributed by atoms with Gasteiger partial charge in [-0.3, -0.25) is 4.79 Å². The van der Waals surface area contributed by atoms with E-state index in [4.69, 9.17) is 14.6 Å². The van der Waals surface area contributed by atoms with Gasteiger partial charge in [0.2, 0.25) is 0 Å². The van der Waals surface area contributed by atoms with Crippen molar-refractivity contribution in [2.45, 2.75) is 32.9 Å². The van der Waals surface area contributed by atoms with Gasteiger partial charge in [0, 0.05) is 5.56 Å². The van der Waals surface area contributed by atoms with E-state index in [1.807, 2.05) is 56.3 Å². The fourth-order valence-electron chi connectivity index (χ4n) is 3.81. The third-order valence-corrected chi connectivity index (χ3v) is 5.73. The van der Waals surface area contributed by atoms with Gasteiger partial charge in [-0.15, -0.1) is 6.58 Å². The van der Waals surface area contributed by atoms with Gasteiger partial charge in [-0.1, -0.05) is 48.5 Å². The van der Waals surface area contributed by atoms with E-state index < -0.39 is 11.9 Å². The number of aromatic carboxylic acids is 1. The maximum atomic E-state index is 12.9. The molecule has 7 nitrogen and oxygen atoms in total. The van der Waals surface area contributed by atoms with Crippen molar-refractivity contribution in [1.82, 2.24) is 5.32 Å². The van der Waals surface area contributed by atoms with Crippen LogP contribution in [0.5, 0.6) is 11.5 Å². The molecule has 0 aliphatic rings. The molecule has 0 aromatic heterocycles. The number of nitriles is 1. The lowest BCUT2D eigenvalue weighted by molar-refractivity contribution is -0.117. The third kappa shape index (κ3) is 7.34. The van der Waals surface area contributed by atoms with Gasteiger partial charge < -0.3 is 19.9 Å². The standard InChI is InChI=1S/C31H30N2O5/c1-4-9-26-16-23(17-27(19-32)30(34)33-21(3)24-10-7-6-8-11-24)18-28(37-5-2)29(26)38-20-22-12-14-25(15-13-22)31(35)36/h4,6-8,10-18,21H,1,5,9,20H2,2-3H3,(H,33,34)(H,35,36)/b27-17-/t21-/m1/s1. The maximum Gasteiger partial charge on any atom is 0.335 e. The summed E-state index contributed by atoms with van der Waals surface area (Å²) in [4.78, 5) is 24.0. The molecule has 0 aliphatic carbocycles. The second kappa shape index (κ2) is 13.5. The van der Waals surface area contributed by atoms with E-state index in [-0.39, 0.29) is 23.8 Å². The fourth-order valence-corrected chi connectivity index (χ4v) is 3.81. The van der Waals surface area contributed by atoms with Crippen molar-refractivity contribution in [3.05, 3.63) is 113 Å². The molecule has 3 aromatic carbocycles. The van der Waals surface area contributed by atoms with E-state index in [1.54, 1.807) is 24.3 Å². The largest absolute Gasteiger partial charge is 0.490 e. The summed E-state index contributed by atoms with van der Waals surface area (Å²) in [6.45, 7) is 8.12. The zero-order valence-electron chi connectivity index (χ0n) is 21.4. The van der Waals surface area contributed by atoms with Crippen LogP contribution in [0.3, 0.4) is 0 Å². The number of carboxylic acids is 1. The minimum Gasteiger partial charge on any atom is -0.490 e. The van der Waals surface area contributed by atoms with Gasteiger partial charge in [-0.25, -0.2) is 4.79 Å². The summed E-state index contributed by atoms with van der Waals surface area (Å²) in [7, 11) is 0. The van der Waals surface area contributed by atoms with Gasteiger partial charge in [0.15, 0.2) is 11.5 Å². The Bertz CT molecular complexity index is 1360. The highest BCUT2D eigenvalue weighted by Crippen LogP contribution is 2.35. The summed E-state index contributed by atoms with van der Waals surface area (Å²) < 4.78 is 12.0. The molecule has 0 radical (unpaired) electrons. The van der Waals surface area contributed by atoms with Gasteiger partial charge in [-0.05, 0) is 67.3 Å². The van der Waals surface area contributed by atoms with Crippen LogP contribution in [0.25, 0.3) is 6.08 Å². The summed E-state index contributed by atoms with van der Waals surface area (Å²) in [5.74, 6) is -0.479. The molecule has 1 amide bonds. The number of ether oxygens (including phenoxy) is 2. The first-order valence-corrected chi connectivity index (χ1v) is 12.2. The van der Waals surface area contributed by atoms with Crippen molar-refractivity contribution in [3.63, 3.8) is 0 Å². The second-order valence-electron chi connectivity index (χ2n) is 8.50. The Morgan fingerprint density at radius 2 is 1.82 bits per heavy atom. The number of rotatable bonds is 12. The topological polar surface area (TPSA) is 109 Å². The van der Waals surface area contributed by atoms with Crippen LogP contribution in [0.1, 0.15) is 52.5 Å². The number of nitrogens with zero attached hydrogens (tertiary/aromatic N) is 1. The molecule has 0 saturated carbocycles. The van der Waals surface area contributed by atoms with Crippen LogP contribution in [0.2, 0.25) is 0 Å². The molecule has 194 valence electrons. The number of carbonyl (C=O) groups is 2. The number of carbonyl (C=O) groups excluding carboxylic acids is 1. The third-order valence-electron chi connectivity index (χ3n) is 5.73. The van der Waals surface area contributed by atoms with Crippen molar-refractivity contribution in [3.8, 4) is 17.6 Å². The number of hydrogen-bond acceptors (Lipinski definition) is 5. The normalized spacial score (nSPS) is 11.7. The average molecular weight is 511 g/mol. The molecule has 0 saturated heterocycles. The Morgan fingerprint density at radius 3 is 2.42 bits per heavy atom. The molecule has 2 N–H and O–H groups in total. The van der Waals surface area contributed by atoms with Crippen LogP contribution in [-0.4, -0.2) is 23.6 Å². The average Bonchev–Trinajstić information content (AvgIpc) is 2.92. The SMILES string of the molecule is C=CCc1cc(/C=C(/C#N)C(=O)N[C@H](C)c2ccccc2)cc(OCC)c1OCc1ccc(C(=O)O)cc1. The van der Waals surface area contributed by atoms with E-state index in [1.165, 1.54) is 18.2 Å². The number of carboxylic acid groups (broad SMARTS) is 1. The van der Waals surface area contributed by atoms with Gasteiger partial charge in [0.25, 0.3) is 5.91 Å². The monoisotopic (exact) mass is 510 g/mol. The highest BCUT2D eigenvalue weighted by Gasteiger charge is 2.17. The molecule has 38 heavy (non-hydrogen) atoms. The van der Waals surface area contributed by atoms with Gasteiger partial charge >= 0.3 is 5.97 Å². The van der Waals surface area contributed by atoms with E-state index in [0.717, 1.165) is 16.7 Å². The van der Waals surface area contributed by atoms with E-state index in [0.29, 0.717) is 30.1 Å². The first-order valence-electron chi connectivity index (χ1n) is 12.2. The fraction of sp³-hybridized carbons (Fsp3) is 0.194. The van der Waals surface area contributed by atoms with Crippen LogP contribution < -0.4 is 14.8 Å². The van der Waals surface area contributed by atoms with Crippen LogP contribution in [0.15, 0.2) is 85.0 Å². The zero-order valence-corrected chi connectivity index (χ0v) is 21.4. The number of hydrogen-bond donors (Lipinski definition) is 2. The lowest BCUT2D eigenvalue weighted by Crippen LogP contribution is -2.27. The van der Waals surface area contributed by atoms with Crippen LogP contribution in [0.4, 0.5) is 0 Å². The van der Waals surface area contributed by atoms with E-state index in [2.05, 4.69) is 11.9 Å². The summed E-state index contributed by atoms with van der Waals surface area (Å²) in [6, 6.07) is 21.2. The Labute approximate surface area is 222 Å². The van der Waals surface area contributed by atoms with Crippen molar-refractivity contribution in [1.29, 1.82) is 5.26 Å². The second-order valence-corrected chi connectivity index (χ2v) is 8.50. The molecule has 0 spiro atoms. The van der Waals surface area contributed by atoms with Crippen molar-refractivity contribution >= 4 is 18.0 Å². The molecule has 0 heterocycles. The van der Waals surface area contributed by atoms with Gasteiger partial charge in [-0.2, -0.15) is 5.26 Å². The van der Waals surface area contributed by atoms with E-state index >= 15 is 0 Å².